The Kier molecular flexibility index (Phi) is 6.93. The van der Waals surface area contributed by atoms with Gasteiger partial charge in [0.15, 0.2) is 0 Å². The van der Waals surface area contributed by atoms with Crippen LogP contribution in [-0.4, -0.2) is 24.8 Å². The number of hydrogen-bond donors (Lipinski definition) is 1. The van der Waals surface area contributed by atoms with Crippen LogP contribution in [0.4, 0.5) is 0 Å². The van der Waals surface area contributed by atoms with E-state index < -0.39 is 0 Å². The van der Waals surface area contributed by atoms with Gasteiger partial charge in [-0.15, -0.1) is 0 Å². The van der Waals surface area contributed by atoms with Crippen molar-refractivity contribution < 1.29 is 4.74 Å². The predicted octanol–water partition coefficient (Wildman–Crippen LogP) is 2.41. The van der Waals surface area contributed by atoms with E-state index in [1.54, 1.807) is 7.11 Å². The molecular formula is C13H24N2O. The first-order valence-corrected chi connectivity index (χ1v) is 6.22. The summed E-state index contributed by atoms with van der Waals surface area (Å²) in [5.41, 5.74) is 1.37. The second-order valence-electron chi connectivity index (χ2n) is 4.07. The van der Waals surface area contributed by atoms with Crippen molar-refractivity contribution in [3.63, 3.8) is 0 Å². The molecular weight excluding hydrogens is 200 g/mol. The number of aromatic nitrogens is 1. The van der Waals surface area contributed by atoms with Crippen LogP contribution < -0.4 is 5.32 Å². The minimum absolute atomic E-state index is 0.774. The van der Waals surface area contributed by atoms with Crippen LogP contribution in [0.2, 0.25) is 0 Å². The maximum absolute atomic E-state index is 5.00. The van der Waals surface area contributed by atoms with Crippen LogP contribution >= 0.6 is 0 Å². The highest BCUT2D eigenvalue weighted by Crippen LogP contribution is 2.05. The highest BCUT2D eigenvalue weighted by Gasteiger charge is 1.99. The van der Waals surface area contributed by atoms with Gasteiger partial charge in [0.2, 0.25) is 0 Å². The normalized spacial score (nSPS) is 10.9. The quantitative estimate of drug-likeness (QED) is 0.652. The number of nitrogens with zero attached hydrogens (tertiary/aromatic N) is 1. The molecule has 0 fully saturated rings. The summed E-state index contributed by atoms with van der Waals surface area (Å²) >= 11 is 0. The van der Waals surface area contributed by atoms with Gasteiger partial charge in [-0.1, -0.05) is 19.8 Å². The first-order valence-electron chi connectivity index (χ1n) is 6.22. The summed E-state index contributed by atoms with van der Waals surface area (Å²) in [5.74, 6) is 0. The van der Waals surface area contributed by atoms with Gasteiger partial charge in [-0.25, -0.2) is 0 Å². The number of aryl methyl sites for hydroxylation is 1. The summed E-state index contributed by atoms with van der Waals surface area (Å²) in [6, 6.07) is 4.31. The Labute approximate surface area is 98.8 Å². The third-order valence-corrected chi connectivity index (χ3v) is 2.72. The lowest BCUT2D eigenvalue weighted by Crippen LogP contribution is -2.20. The monoisotopic (exact) mass is 224 g/mol. The van der Waals surface area contributed by atoms with Crippen molar-refractivity contribution in [2.24, 2.45) is 0 Å². The highest BCUT2D eigenvalue weighted by molar-refractivity contribution is 5.06. The molecule has 0 aliphatic carbocycles. The number of ether oxygens (including phenoxy) is 1. The SMILES string of the molecule is CCCCCn1cccc1CNCCOC. The molecule has 92 valence electrons. The van der Waals surface area contributed by atoms with Crippen molar-refractivity contribution in [1.29, 1.82) is 0 Å². The van der Waals surface area contributed by atoms with Gasteiger partial charge in [0.1, 0.15) is 0 Å². The number of unbranched alkanes of at least 4 members (excludes halogenated alkanes) is 2. The molecule has 0 aromatic carbocycles. The Hall–Kier alpha value is -0.800. The van der Waals surface area contributed by atoms with Gasteiger partial charge >= 0.3 is 0 Å². The lowest BCUT2D eigenvalue weighted by Gasteiger charge is -2.09. The van der Waals surface area contributed by atoms with Gasteiger partial charge in [0.25, 0.3) is 0 Å². The van der Waals surface area contributed by atoms with Gasteiger partial charge in [0, 0.05) is 38.6 Å². The second-order valence-corrected chi connectivity index (χ2v) is 4.07. The largest absolute Gasteiger partial charge is 0.383 e. The Bertz CT molecular complexity index is 271. The molecule has 0 spiro atoms. The minimum Gasteiger partial charge on any atom is -0.383 e. The number of hydrogen-bond acceptors (Lipinski definition) is 2. The van der Waals surface area contributed by atoms with Crippen LogP contribution in [0, 0.1) is 0 Å². The topological polar surface area (TPSA) is 26.2 Å². The fraction of sp³-hybridized carbons (Fsp3) is 0.692. The minimum atomic E-state index is 0.774. The van der Waals surface area contributed by atoms with E-state index >= 15 is 0 Å². The lowest BCUT2D eigenvalue weighted by molar-refractivity contribution is 0.199. The molecule has 0 saturated heterocycles. The van der Waals surface area contributed by atoms with Gasteiger partial charge in [-0.05, 0) is 18.6 Å². The van der Waals surface area contributed by atoms with Crippen LogP contribution in [0.3, 0.4) is 0 Å². The first kappa shape index (κ1) is 13.3. The van der Waals surface area contributed by atoms with E-state index in [1.807, 2.05) is 0 Å². The molecule has 1 rings (SSSR count). The summed E-state index contributed by atoms with van der Waals surface area (Å²) in [6.45, 7) is 6.00. The molecule has 0 atom stereocenters. The maximum Gasteiger partial charge on any atom is 0.0587 e. The average molecular weight is 224 g/mol. The Balaban J connectivity index is 2.26. The summed E-state index contributed by atoms with van der Waals surface area (Å²) < 4.78 is 7.34. The van der Waals surface area contributed by atoms with E-state index in [4.69, 9.17) is 4.74 Å². The summed E-state index contributed by atoms with van der Waals surface area (Å²) in [5, 5.41) is 3.37. The van der Waals surface area contributed by atoms with Crippen LogP contribution in [0.1, 0.15) is 31.9 Å². The maximum atomic E-state index is 5.00. The van der Waals surface area contributed by atoms with E-state index in [9.17, 15) is 0 Å². The Morgan fingerprint density at radius 1 is 1.38 bits per heavy atom. The van der Waals surface area contributed by atoms with Crippen molar-refractivity contribution in [3.05, 3.63) is 24.0 Å². The standard InChI is InChI=1S/C13H24N2O/c1-3-4-5-9-15-10-6-7-13(15)12-14-8-11-16-2/h6-7,10,14H,3-5,8-9,11-12H2,1-2H3. The van der Waals surface area contributed by atoms with Crippen LogP contribution in [0.25, 0.3) is 0 Å². The zero-order valence-corrected chi connectivity index (χ0v) is 10.5. The summed E-state index contributed by atoms with van der Waals surface area (Å²) in [6.07, 6.45) is 6.04. The molecule has 0 aliphatic heterocycles. The molecule has 16 heavy (non-hydrogen) atoms. The molecule has 1 heterocycles. The molecule has 1 aromatic heterocycles. The van der Waals surface area contributed by atoms with Crippen LogP contribution in [0.5, 0.6) is 0 Å². The van der Waals surface area contributed by atoms with E-state index in [0.717, 1.165) is 26.2 Å². The number of nitrogens with one attached hydrogen (secondary N) is 1. The molecule has 0 radical (unpaired) electrons. The first-order chi connectivity index (χ1) is 7.88. The molecule has 0 amide bonds. The van der Waals surface area contributed by atoms with Gasteiger partial charge in [-0.2, -0.15) is 0 Å². The molecule has 3 nitrogen and oxygen atoms in total. The van der Waals surface area contributed by atoms with Crippen molar-refractivity contribution in [3.8, 4) is 0 Å². The number of methoxy groups -OCH3 is 1. The van der Waals surface area contributed by atoms with Gasteiger partial charge in [0.05, 0.1) is 6.61 Å². The fourth-order valence-electron chi connectivity index (χ4n) is 1.75. The van der Waals surface area contributed by atoms with Crippen LogP contribution in [-0.2, 0) is 17.8 Å². The fourth-order valence-corrected chi connectivity index (χ4v) is 1.75. The predicted molar refractivity (Wildman–Crippen MR) is 67.5 cm³/mol. The van der Waals surface area contributed by atoms with Crippen molar-refractivity contribution in [2.45, 2.75) is 39.3 Å². The average Bonchev–Trinajstić information content (AvgIpc) is 2.73. The smallest absolute Gasteiger partial charge is 0.0587 e. The van der Waals surface area contributed by atoms with E-state index in [0.29, 0.717) is 0 Å². The Morgan fingerprint density at radius 3 is 3.00 bits per heavy atom. The zero-order valence-electron chi connectivity index (χ0n) is 10.5. The van der Waals surface area contributed by atoms with Crippen molar-refractivity contribution in [1.82, 2.24) is 9.88 Å². The third-order valence-electron chi connectivity index (χ3n) is 2.72. The molecule has 1 N–H and O–H groups in total. The molecule has 0 aliphatic rings. The van der Waals surface area contributed by atoms with E-state index in [1.165, 1.54) is 25.0 Å². The third kappa shape index (κ3) is 4.81. The summed E-state index contributed by atoms with van der Waals surface area (Å²) in [4.78, 5) is 0. The summed E-state index contributed by atoms with van der Waals surface area (Å²) in [7, 11) is 1.73. The molecule has 3 heteroatoms. The Morgan fingerprint density at radius 2 is 2.25 bits per heavy atom. The molecule has 0 saturated carbocycles. The van der Waals surface area contributed by atoms with E-state index in [2.05, 4.69) is 35.1 Å². The highest BCUT2D eigenvalue weighted by atomic mass is 16.5. The molecule has 1 aromatic rings. The second kappa shape index (κ2) is 8.36. The van der Waals surface area contributed by atoms with Crippen molar-refractivity contribution >= 4 is 0 Å². The molecule has 0 unspecified atom stereocenters. The lowest BCUT2D eigenvalue weighted by atomic mass is 10.2. The van der Waals surface area contributed by atoms with E-state index in [-0.39, 0.29) is 0 Å². The van der Waals surface area contributed by atoms with Gasteiger partial charge in [-0.3, -0.25) is 0 Å². The van der Waals surface area contributed by atoms with Crippen LogP contribution in [0.15, 0.2) is 18.3 Å². The number of rotatable bonds is 9. The molecule has 0 bridgehead atoms. The van der Waals surface area contributed by atoms with Crippen molar-refractivity contribution in [2.75, 3.05) is 20.3 Å². The van der Waals surface area contributed by atoms with Gasteiger partial charge < -0.3 is 14.6 Å². The zero-order chi connectivity index (χ0) is 11.6.